The second kappa shape index (κ2) is 4.26. The van der Waals surface area contributed by atoms with Crippen LogP contribution in [0.15, 0.2) is 22.8 Å². The van der Waals surface area contributed by atoms with Crippen molar-refractivity contribution in [3.8, 4) is 0 Å². The lowest BCUT2D eigenvalue weighted by Crippen LogP contribution is -2.44. The Balaban J connectivity index is 1.48. The molecule has 24 heavy (non-hydrogen) atoms. The molecule has 3 aliphatic carbocycles. The Kier molecular flexibility index (Phi) is 2.66. The average Bonchev–Trinajstić information content (AvgIpc) is 2.83. The lowest BCUT2D eigenvalue weighted by molar-refractivity contribution is -0.130. The van der Waals surface area contributed by atoms with Crippen LogP contribution in [-0.2, 0) is 14.8 Å². The molecule has 1 aliphatic heterocycles. The van der Waals surface area contributed by atoms with Gasteiger partial charge < -0.3 is 4.42 Å². The van der Waals surface area contributed by atoms with Gasteiger partial charge in [0.25, 0.3) is 0 Å². The molecule has 5 atom stereocenters. The van der Waals surface area contributed by atoms with Gasteiger partial charge in [-0.15, -0.1) is 0 Å². The number of nitrogens with zero attached hydrogens (tertiary/aromatic N) is 1. The van der Waals surface area contributed by atoms with Crippen molar-refractivity contribution in [3.05, 3.63) is 24.2 Å². The largest absolute Gasteiger partial charge is 0.469 e. The van der Waals surface area contributed by atoms with Gasteiger partial charge >= 0.3 is 0 Å². The number of carbonyl (C=O) groups excluding carboxylic acids is 1. The highest BCUT2D eigenvalue weighted by Gasteiger charge is 2.73. The van der Waals surface area contributed by atoms with Crippen LogP contribution in [0.4, 0.5) is 0 Å². The topological polar surface area (TPSA) is 67.6 Å². The van der Waals surface area contributed by atoms with Crippen LogP contribution in [0.1, 0.15) is 51.2 Å². The quantitative estimate of drug-likeness (QED) is 0.823. The van der Waals surface area contributed by atoms with Gasteiger partial charge in [-0.2, -0.15) is 0 Å². The van der Waals surface area contributed by atoms with E-state index in [1.807, 2.05) is 12.1 Å². The van der Waals surface area contributed by atoms with E-state index in [9.17, 15) is 13.2 Å². The van der Waals surface area contributed by atoms with Gasteiger partial charge in [0.15, 0.2) is 0 Å². The molecule has 130 valence electrons. The van der Waals surface area contributed by atoms with Gasteiger partial charge in [0.2, 0.25) is 15.9 Å². The molecule has 0 radical (unpaired) electrons. The molecule has 1 saturated heterocycles. The Hall–Kier alpha value is -1.30. The maximum atomic E-state index is 13.1. The van der Waals surface area contributed by atoms with Crippen molar-refractivity contribution in [2.75, 3.05) is 5.75 Å². The number of furan rings is 1. The van der Waals surface area contributed by atoms with Crippen LogP contribution in [0.2, 0.25) is 0 Å². The van der Waals surface area contributed by atoms with Gasteiger partial charge in [-0.1, -0.05) is 13.8 Å². The van der Waals surface area contributed by atoms with E-state index in [-0.39, 0.29) is 40.4 Å². The molecule has 0 unspecified atom stereocenters. The summed E-state index contributed by atoms with van der Waals surface area (Å²) in [5, 5.41) is 0. The van der Waals surface area contributed by atoms with Crippen molar-refractivity contribution < 1.29 is 17.6 Å². The molecule has 5 rings (SSSR count). The summed E-state index contributed by atoms with van der Waals surface area (Å²) in [5.41, 5.74) is -0.231. The van der Waals surface area contributed by atoms with E-state index in [1.165, 1.54) is 4.31 Å². The number of hydrogen-bond donors (Lipinski definition) is 0. The molecule has 2 heterocycles. The molecule has 4 fully saturated rings. The average molecular weight is 349 g/mol. The highest BCUT2D eigenvalue weighted by atomic mass is 32.2. The Morgan fingerprint density at radius 3 is 2.79 bits per heavy atom. The molecule has 5 nitrogen and oxygen atoms in total. The molecular formula is C18H23NO4S. The summed E-state index contributed by atoms with van der Waals surface area (Å²) >= 11 is 0. The molecule has 1 spiro atoms. The van der Waals surface area contributed by atoms with Gasteiger partial charge in [0, 0.05) is 17.3 Å². The summed E-state index contributed by atoms with van der Waals surface area (Å²) in [7, 11) is -3.50. The van der Waals surface area contributed by atoms with E-state index < -0.39 is 10.0 Å². The summed E-state index contributed by atoms with van der Waals surface area (Å²) in [4.78, 5) is 13.1. The van der Waals surface area contributed by atoms with Crippen molar-refractivity contribution in [3.63, 3.8) is 0 Å². The van der Waals surface area contributed by atoms with E-state index in [4.69, 9.17) is 4.42 Å². The van der Waals surface area contributed by atoms with Crippen LogP contribution in [0.3, 0.4) is 0 Å². The summed E-state index contributed by atoms with van der Waals surface area (Å²) in [6, 6.07) is 3.56. The number of fused-ring (bicyclic) bond motifs is 1. The number of rotatable bonds is 2. The van der Waals surface area contributed by atoms with Gasteiger partial charge in [-0.25, -0.2) is 12.7 Å². The lowest BCUT2D eigenvalue weighted by Gasteiger charge is -2.37. The molecular weight excluding hydrogens is 326 g/mol. The normalized spacial score (nSPS) is 43.8. The first kappa shape index (κ1) is 15.0. The molecule has 1 aromatic heterocycles. The molecule has 0 aromatic carbocycles. The number of carbonyl (C=O) groups is 1. The van der Waals surface area contributed by atoms with Crippen molar-refractivity contribution in [2.45, 2.75) is 51.5 Å². The third-order valence-corrected chi connectivity index (χ3v) is 9.56. The highest BCUT2D eigenvalue weighted by molar-refractivity contribution is 7.90. The zero-order valence-electron chi connectivity index (χ0n) is 14.1. The second-order valence-electron chi connectivity index (χ2n) is 8.72. The van der Waals surface area contributed by atoms with Crippen LogP contribution in [-0.4, -0.2) is 30.4 Å². The first-order valence-electron chi connectivity index (χ1n) is 8.87. The van der Waals surface area contributed by atoms with E-state index >= 15 is 0 Å². The first-order chi connectivity index (χ1) is 11.3. The fourth-order valence-corrected chi connectivity index (χ4v) is 8.61. The van der Waals surface area contributed by atoms with Gasteiger partial charge in [0.05, 0.1) is 18.1 Å². The Morgan fingerprint density at radius 2 is 2.12 bits per heavy atom. The van der Waals surface area contributed by atoms with E-state index in [2.05, 4.69) is 13.8 Å². The predicted molar refractivity (Wildman–Crippen MR) is 87.5 cm³/mol. The van der Waals surface area contributed by atoms with Gasteiger partial charge in [-0.05, 0) is 49.1 Å². The van der Waals surface area contributed by atoms with Crippen LogP contribution < -0.4 is 0 Å². The molecule has 4 aliphatic rings. The standard InChI is InChI=1S/C18H23NO4S/c1-17(2)11-5-6-18(17)10-24(21,22)19(15(18)8-11)16(20)13-9-12(13)14-4-3-7-23-14/h3-4,7,11-13,15H,5-6,8-10H2,1-2H3/t11-,12-,13+,15-,18-/m1/s1. The molecule has 1 aromatic rings. The van der Waals surface area contributed by atoms with Crippen LogP contribution in [0, 0.1) is 22.7 Å². The lowest BCUT2D eigenvalue weighted by atomic mass is 9.69. The third kappa shape index (κ3) is 1.61. The fraction of sp³-hybridized carbons (Fsp3) is 0.722. The minimum atomic E-state index is -3.50. The smallest absolute Gasteiger partial charge is 0.240 e. The van der Waals surface area contributed by atoms with Crippen LogP contribution in [0.5, 0.6) is 0 Å². The van der Waals surface area contributed by atoms with E-state index in [0.717, 1.165) is 25.0 Å². The zero-order chi connectivity index (χ0) is 16.9. The number of hydrogen-bond acceptors (Lipinski definition) is 4. The molecule has 0 N–H and O–H groups in total. The summed E-state index contributed by atoms with van der Waals surface area (Å²) in [6.45, 7) is 4.41. The SMILES string of the molecule is CC1(C)[C@@H]2CC[C@]13CS(=O)(=O)N(C(=O)[C@H]1C[C@H]1c1ccco1)[C@@H]3C2. The van der Waals surface area contributed by atoms with Crippen molar-refractivity contribution in [1.82, 2.24) is 4.31 Å². The summed E-state index contributed by atoms with van der Waals surface area (Å²) < 4.78 is 32.5. The molecule has 6 heteroatoms. The monoisotopic (exact) mass is 349 g/mol. The second-order valence-corrected chi connectivity index (χ2v) is 10.6. The van der Waals surface area contributed by atoms with Crippen molar-refractivity contribution >= 4 is 15.9 Å². The third-order valence-electron chi connectivity index (χ3n) is 7.64. The fourth-order valence-electron chi connectivity index (χ4n) is 6.03. The molecule has 1 amide bonds. The Bertz CT molecular complexity index is 812. The molecule has 2 bridgehead atoms. The van der Waals surface area contributed by atoms with Crippen molar-refractivity contribution in [2.24, 2.45) is 22.7 Å². The van der Waals surface area contributed by atoms with E-state index in [0.29, 0.717) is 12.3 Å². The minimum Gasteiger partial charge on any atom is -0.469 e. The first-order valence-corrected chi connectivity index (χ1v) is 10.5. The van der Waals surface area contributed by atoms with Crippen molar-refractivity contribution in [1.29, 1.82) is 0 Å². The number of amides is 1. The van der Waals surface area contributed by atoms with Crippen LogP contribution in [0.25, 0.3) is 0 Å². The van der Waals surface area contributed by atoms with Crippen LogP contribution >= 0.6 is 0 Å². The predicted octanol–water partition coefficient (Wildman–Crippen LogP) is 2.75. The minimum absolute atomic E-state index is 0.00370. The maximum absolute atomic E-state index is 13.1. The number of sulfonamides is 1. The van der Waals surface area contributed by atoms with Gasteiger partial charge in [0.1, 0.15) is 5.76 Å². The highest BCUT2D eigenvalue weighted by Crippen LogP contribution is 2.70. The maximum Gasteiger partial charge on any atom is 0.240 e. The Morgan fingerprint density at radius 1 is 1.33 bits per heavy atom. The Labute approximate surface area is 142 Å². The van der Waals surface area contributed by atoms with Gasteiger partial charge in [-0.3, -0.25) is 4.79 Å². The van der Waals surface area contributed by atoms with E-state index in [1.54, 1.807) is 6.26 Å². The summed E-state index contributed by atoms with van der Waals surface area (Å²) in [5.74, 6) is 1.11. The molecule has 3 saturated carbocycles. The summed E-state index contributed by atoms with van der Waals surface area (Å²) in [6.07, 6.45) is 5.18. The zero-order valence-corrected chi connectivity index (χ0v) is 14.9.